The first kappa shape index (κ1) is 14.1. The van der Waals surface area contributed by atoms with Crippen molar-refractivity contribution in [2.24, 2.45) is 5.92 Å². The lowest BCUT2D eigenvalue weighted by atomic mass is 9.86. The molecule has 102 valence electrons. The van der Waals surface area contributed by atoms with Crippen molar-refractivity contribution >= 4 is 11.3 Å². The Bertz CT molecular complexity index is 339. The lowest BCUT2D eigenvalue weighted by Gasteiger charge is -2.20. The van der Waals surface area contributed by atoms with Crippen molar-refractivity contribution < 1.29 is 5.11 Å². The maximum atomic E-state index is 9.96. The van der Waals surface area contributed by atoms with Crippen LogP contribution in [-0.4, -0.2) is 5.11 Å². The standard InChI is InChI=1S/C16H26OS/c1-2-6-15(17)16-12-11-14(18-16)10-9-13-7-4-3-5-8-13/h11-13,15,17H,2-10H2,1H3. The van der Waals surface area contributed by atoms with Crippen molar-refractivity contribution in [1.82, 2.24) is 0 Å². The second-order valence-corrected chi connectivity index (χ2v) is 6.85. The molecule has 0 spiro atoms. The summed E-state index contributed by atoms with van der Waals surface area (Å²) in [4.78, 5) is 2.63. The first-order valence-corrected chi connectivity index (χ1v) is 8.38. The number of aliphatic hydroxyl groups is 1. The average Bonchev–Trinajstić information content (AvgIpc) is 2.87. The van der Waals surface area contributed by atoms with Gasteiger partial charge in [0.05, 0.1) is 6.10 Å². The average molecular weight is 266 g/mol. The molecule has 1 fully saturated rings. The fraction of sp³-hybridized carbons (Fsp3) is 0.750. The quantitative estimate of drug-likeness (QED) is 0.760. The van der Waals surface area contributed by atoms with Crippen molar-refractivity contribution in [3.63, 3.8) is 0 Å². The van der Waals surface area contributed by atoms with Gasteiger partial charge in [-0.1, -0.05) is 45.4 Å². The Morgan fingerprint density at radius 2 is 2.06 bits per heavy atom. The molecule has 2 rings (SSSR count). The van der Waals surface area contributed by atoms with Crippen molar-refractivity contribution in [3.8, 4) is 0 Å². The maximum absolute atomic E-state index is 9.96. The molecule has 0 aliphatic heterocycles. The fourth-order valence-electron chi connectivity index (χ4n) is 2.95. The van der Waals surface area contributed by atoms with Crippen molar-refractivity contribution in [2.75, 3.05) is 0 Å². The van der Waals surface area contributed by atoms with E-state index in [0.29, 0.717) is 0 Å². The molecule has 18 heavy (non-hydrogen) atoms. The van der Waals surface area contributed by atoms with Crippen LogP contribution in [0.25, 0.3) is 0 Å². The molecule has 1 saturated carbocycles. The third-order valence-corrected chi connectivity index (χ3v) is 5.34. The Hall–Kier alpha value is -0.340. The monoisotopic (exact) mass is 266 g/mol. The van der Waals surface area contributed by atoms with Gasteiger partial charge in [-0.3, -0.25) is 0 Å². The van der Waals surface area contributed by atoms with E-state index >= 15 is 0 Å². The molecule has 1 atom stereocenters. The van der Waals surface area contributed by atoms with Gasteiger partial charge in [-0.2, -0.15) is 0 Å². The van der Waals surface area contributed by atoms with Gasteiger partial charge in [-0.05, 0) is 37.3 Å². The number of aliphatic hydroxyl groups excluding tert-OH is 1. The molecule has 1 nitrogen and oxygen atoms in total. The van der Waals surface area contributed by atoms with Crippen LogP contribution in [0.5, 0.6) is 0 Å². The van der Waals surface area contributed by atoms with E-state index < -0.39 is 0 Å². The van der Waals surface area contributed by atoms with Gasteiger partial charge in [0.1, 0.15) is 0 Å². The second-order valence-electron chi connectivity index (χ2n) is 5.65. The second kappa shape index (κ2) is 7.30. The van der Waals surface area contributed by atoms with E-state index in [1.54, 1.807) is 0 Å². The Kier molecular flexibility index (Phi) is 5.71. The molecule has 1 heterocycles. The van der Waals surface area contributed by atoms with Gasteiger partial charge in [0.2, 0.25) is 0 Å². The molecule has 1 aromatic heterocycles. The Morgan fingerprint density at radius 1 is 1.28 bits per heavy atom. The predicted molar refractivity (Wildman–Crippen MR) is 79.1 cm³/mol. The highest BCUT2D eigenvalue weighted by atomic mass is 32.1. The first-order chi connectivity index (χ1) is 8.79. The van der Waals surface area contributed by atoms with Crippen LogP contribution in [0.3, 0.4) is 0 Å². The summed E-state index contributed by atoms with van der Waals surface area (Å²) in [6, 6.07) is 4.35. The van der Waals surface area contributed by atoms with Crippen molar-refractivity contribution in [1.29, 1.82) is 0 Å². The zero-order valence-corrected chi connectivity index (χ0v) is 12.3. The number of aryl methyl sites for hydroxylation is 1. The van der Waals surface area contributed by atoms with E-state index in [4.69, 9.17) is 0 Å². The SMILES string of the molecule is CCCC(O)c1ccc(CCC2CCCCC2)s1. The summed E-state index contributed by atoms with van der Waals surface area (Å²) in [5, 5.41) is 9.96. The van der Waals surface area contributed by atoms with E-state index in [-0.39, 0.29) is 6.10 Å². The predicted octanol–water partition coefficient (Wildman–Crippen LogP) is 5.09. The molecule has 1 aliphatic rings. The van der Waals surface area contributed by atoms with Crippen LogP contribution >= 0.6 is 11.3 Å². The van der Waals surface area contributed by atoms with Crippen LogP contribution in [0.2, 0.25) is 0 Å². The molecule has 0 amide bonds. The Balaban J connectivity index is 1.79. The molecule has 0 radical (unpaired) electrons. The summed E-state index contributed by atoms with van der Waals surface area (Å²) in [6.07, 6.45) is 11.5. The molecule has 0 saturated heterocycles. The van der Waals surface area contributed by atoms with E-state index in [1.165, 1.54) is 49.8 Å². The fourth-order valence-corrected chi connectivity index (χ4v) is 3.99. The molecular formula is C16H26OS. The Morgan fingerprint density at radius 3 is 2.78 bits per heavy atom. The van der Waals surface area contributed by atoms with Gasteiger partial charge in [-0.25, -0.2) is 0 Å². The number of thiophene rings is 1. The van der Waals surface area contributed by atoms with Crippen molar-refractivity contribution in [3.05, 3.63) is 21.9 Å². The number of hydrogen-bond donors (Lipinski definition) is 1. The summed E-state index contributed by atoms with van der Waals surface area (Å²) in [6.45, 7) is 2.13. The highest BCUT2D eigenvalue weighted by Crippen LogP contribution is 2.31. The van der Waals surface area contributed by atoms with E-state index in [0.717, 1.165) is 23.6 Å². The molecule has 1 aromatic rings. The van der Waals surface area contributed by atoms with E-state index in [9.17, 15) is 5.11 Å². The van der Waals surface area contributed by atoms with E-state index in [2.05, 4.69) is 19.1 Å². The summed E-state index contributed by atoms with van der Waals surface area (Å²) in [5.41, 5.74) is 0. The summed E-state index contributed by atoms with van der Waals surface area (Å²) in [5.74, 6) is 0.963. The third-order valence-electron chi connectivity index (χ3n) is 4.10. The van der Waals surface area contributed by atoms with Gasteiger partial charge < -0.3 is 5.11 Å². The minimum absolute atomic E-state index is 0.233. The minimum atomic E-state index is -0.233. The highest BCUT2D eigenvalue weighted by molar-refractivity contribution is 7.12. The highest BCUT2D eigenvalue weighted by Gasteiger charge is 2.14. The number of hydrogen-bond acceptors (Lipinski definition) is 2. The van der Waals surface area contributed by atoms with Crippen LogP contribution in [0.1, 0.15) is 74.1 Å². The normalized spacial score (nSPS) is 19.0. The topological polar surface area (TPSA) is 20.2 Å². The maximum Gasteiger partial charge on any atom is 0.0882 e. The Labute approximate surface area is 115 Å². The zero-order valence-electron chi connectivity index (χ0n) is 11.5. The molecule has 0 bridgehead atoms. The van der Waals surface area contributed by atoms with Gasteiger partial charge in [0, 0.05) is 9.75 Å². The van der Waals surface area contributed by atoms with Gasteiger partial charge in [0.15, 0.2) is 0 Å². The molecule has 1 N–H and O–H groups in total. The van der Waals surface area contributed by atoms with Crippen LogP contribution in [0, 0.1) is 5.92 Å². The van der Waals surface area contributed by atoms with Crippen molar-refractivity contribution in [2.45, 2.75) is 70.8 Å². The van der Waals surface area contributed by atoms with Gasteiger partial charge in [-0.15, -0.1) is 11.3 Å². The summed E-state index contributed by atoms with van der Waals surface area (Å²) < 4.78 is 0. The molecule has 0 aromatic carbocycles. The molecule has 2 heteroatoms. The largest absolute Gasteiger partial charge is 0.388 e. The van der Waals surface area contributed by atoms with E-state index in [1.807, 2.05) is 11.3 Å². The smallest absolute Gasteiger partial charge is 0.0882 e. The van der Waals surface area contributed by atoms with Gasteiger partial charge >= 0.3 is 0 Å². The lowest BCUT2D eigenvalue weighted by Crippen LogP contribution is -2.06. The minimum Gasteiger partial charge on any atom is -0.388 e. The zero-order chi connectivity index (χ0) is 12.8. The lowest BCUT2D eigenvalue weighted by molar-refractivity contribution is 0.170. The summed E-state index contributed by atoms with van der Waals surface area (Å²) >= 11 is 1.82. The molecular weight excluding hydrogens is 240 g/mol. The first-order valence-electron chi connectivity index (χ1n) is 7.56. The molecule has 1 unspecified atom stereocenters. The van der Waals surface area contributed by atoms with Crippen LogP contribution < -0.4 is 0 Å². The molecule has 1 aliphatic carbocycles. The van der Waals surface area contributed by atoms with Crippen LogP contribution in [0.4, 0.5) is 0 Å². The van der Waals surface area contributed by atoms with Gasteiger partial charge in [0.25, 0.3) is 0 Å². The third kappa shape index (κ3) is 4.10. The summed E-state index contributed by atoms with van der Waals surface area (Å²) in [7, 11) is 0. The van der Waals surface area contributed by atoms with Crippen LogP contribution in [-0.2, 0) is 6.42 Å². The number of rotatable bonds is 6. The van der Waals surface area contributed by atoms with Crippen LogP contribution in [0.15, 0.2) is 12.1 Å².